The van der Waals surface area contributed by atoms with Gasteiger partial charge in [0.1, 0.15) is 6.04 Å². The van der Waals surface area contributed by atoms with Crippen LogP contribution in [-0.4, -0.2) is 41.2 Å². The van der Waals surface area contributed by atoms with Crippen molar-refractivity contribution in [2.75, 3.05) is 13.6 Å². The first kappa shape index (κ1) is 18.9. The molecule has 2 amide bonds. The van der Waals surface area contributed by atoms with Crippen LogP contribution in [0.15, 0.2) is 54.6 Å². The highest BCUT2D eigenvalue weighted by Crippen LogP contribution is 2.33. The highest BCUT2D eigenvalue weighted by molar-refractivity contribution is 5.94. The molecule has 1 saturated heterocycles. The maximum absolute atomic E-state index is 13.3. The number of piperazine rings is 1. The topological polar surface area (TPSA) is 40.6 Å². The van der Waals surface area contributed by atoms with Crippen molar-refractivity contribution in [1.29, 1.82) is 0 Å². The monoisotopic (exact) mass is 376 g/mol. The summed E-state index contributed by atoms with van der Waals surface area (Å²) >= 11 is 0. The van der Waals surface area contributed by atoms with Gasteiger partial charge in [-0.1, -0.05) is 48.5 Å². The zero-order valence-corrected chi connectivity index (χ0v) is 14.7. The molecule has 1 fully saturated rings. The minimum Gasteiger partial charge on any atom is -0.335 e. The van der Waals surface area contributed by atoms with E-state index in [0.29, 0.717) is 0 Å². The van der Waals surface area contributed by atoms with Gasteiger partial charge >= 0.3 is 6.18 Å². The third-order valence-corrected chi connectivity index (χ3v) is 4.67. The number of carbonyl (C=O) groups is 2. The summed E-state index contributed by atoms with van der Waals surface area (Å²) in [7, 11) is 1.53. The molecule has 3 rings (SSSR count). The molecular formula is C20H19F3N2O2. The third-order valence-electron chi connectivity index (χ3n) is 4.67. The van der Waals surface area contributed by atoms with E-state index in [0.717, 1.165) is 11.6 Å². The number of rotatable bonds is 4. The van der Waals surface area contributed by atoms with Crippen LogP contribution in [0.4, 0.5) is 13.2 Å². The van der Waals surface area contributed by atoms with Crippen LogP contribution in [0, 0.1) is 0 Å². The molecule has 0 unspecified atom stereocenters. The van der Waals surface area contributed by atoms with Crippen LogP contribution in [0.2, 0.25) is 0 Å². The molecule has 1 aliphatic heterocycles. The number of likely N-dealkylation sites (N-methyl/N-ethyl adjacent to an activating group) is 1. The minimum absolute atomic E-state index is 0.0197. The molecule has 2 aromatic rings. The molecule has 142 valence electrons. The lowest BCUT2D eigenvalue weighted by Crippen LogP contribution is -2.59. The second-order valence-corrected chi connectivity index (χ2v) is 6.58. The molecule has 0 spiro atoms. The molecule has 2 aromatic carbocycles. The Morgan fingerprint density at radius 1 is 1.00 bits per heavy atom. The summed E-state index contributed by atoms with van der Waals surface area (Å²) < 4.78 is 39.9. The van der Waals surface area contributed by atoms with Gasteiger partial charge in [0.25, 0.3) is 0 Å². The largest absolute Gasteiger partial charge is 0.416 e. The van der Waals surface area contributed by atoms with Crippen LogP contribution >= 0.6 is 0 Å². The Morgan fingerprint density at radius 3 is 2.30 bits per heavy atom. The maximum Gasteiger partial charge on any atom is 0.416 e. The fourth-order valence-corrected chi connectivity index (χ4v) is 3.28. The highest BCUT2D eigenvalue weighted by Gasteiger charge is 2.39. The van der Waals surface area contributed by atoms with Crippen LogP contribution in [0.3, 0.4) is 0 Å². The third kappa shape index (κ3) is 4.13. The lowest BCUT2D eigenvalue weighted by atomic mass is 9.99. The standard InChI is InChI=1S/C20H19F3N2O2/c1-24-13-18(26)25(12-15-9-5-6-10-16(15)20(21,22)23)17(19(24)27)11-14-7-3-2-4-8-14/h2-10,17H,11-13H2,1H3/t17-/m0/s1. The van der Waals surface area contributed by atoms with Gasteiger partial charge in [0.2, 0.25) is 11.8 Å². The van der Waals surface area contributed by atoms with Gasteiger partial charge in [-0.25, -0.2) is 0 Å². The first-order valence-electron chi connectivity index (χ1n) is 8.51. The van der Waals surface area contributed by atoms with E-state index in [1.807, 2.05) is 30.3 Å². The molecule has 4 nitrogen and oxygen atoms in total. The first-order chi connectivity index (χ1) is 12.8. The van der Waals surface area contributed by atoms with Gasteiger partial charge in [-0.15, -0.1) is 0 Å². The van der Waals surface area contributed by atoms with Gasteiger partial charge in [0.05, 0.1) is 12.1 Å². The summed E-state index contributed by atoms with van der Waals surface area (Å²) in [5.41, 5.74) is 0.0319. The van der Waals surface area contributed by atoms with Gasteiger partial charge < -0.3 is 9.80 Å². The fraction of sp³-hybridized carbons (Fsp3) is 0.300. The number of alkyl halides is 3. The molecule has 0 bridgehead atoms. The lowest BCUT2D eigenvalue weighted by molar-refractivity contribution is -0.155. The molecule has 1 heterocycles. The van der Waals surface area contributed by atoms with Crippen molar-refractivity contribution < 1.29 is 22.8 Å². The zero-order valence-electron chi connectivity index (χ0n) is 14.7. The van der Waals surface area contributed by atoms with Gasteiger partial charge in [-0.3, -0.25) is 9.59 Å². The highest BCUT2D eigenvalue weighted by atomic mass is 19.4. The average Bonchev–Trinajstić information content (AvgIpc) is 2.63. The van der Waals surface area contributed by atoms with E-state index in [4.69, 9.17) is 0 Å². The fourth-order valence-electron chi connectivity index (χ4n) is 3.28. The number of hydrogen-bond donors (Lipinski definition) is 0. The van der Waals surface area contributed by atoms with E-state index >= 15 is 0 Å². The number of nitrogens with zero attached hydrogens (tertiary/aromatic N) is 2. The quantitative estimate of drug-likeness (QED) is 0.823. The molecule has 0 N–H and O–H groups in total. The minimum atomic E-state index is -4.52. The van der Waals surface area contributed by atoms with Crippen LogP contribution < -0.4 is 0 Å². The molecule has 0 radical (unpaired) electrons. The molecule has 1 atom stereocenters. The number of carbonyl (C=O) groups excluding carboxylic acids is 2. The summed E-state index contributed by atoms with van der Waals surface area (Å²) in [5.74, 6) is -0.641. The molecule has 27 heavy (non-hydrogen) atoms. The Balaban J connectivity index is 1.93. The van der Waals surface area contributed by atoms with Gasteiger partial charge in [-0.05, 0) is 17.2 Å². The van der Waals surface area contributed by atoms with Crippen LogP contribution in [0.5, 0.6) is 0 Å². The van der Waals surface area contributed by atoms with Crippen molar-refractivity contribution >= 4 is 11.8 Å². The van der Waals surface area contributed by atoms with Gasteiger partial charge in [0.15, 0.2) is 0 Å². The predicted molar refractivity (Wildman–Crippen MR) is 93.6 cm³/mol. The second-order valence-electron chi connectivity index (χ2n) is 6.58. The van der Waals surface area contributed by atoms with Crippen molar-refractivity contribution in [2.45, 2.75) is 25.2 Å². The van der Waals surface area contributed by atoms with Gasteiger partial charge in [-0.2, -0.15) is 13.2 Å². The van der Waals surface area contributed by atoms with E-state index in [1.165, 1.54) is 35.0 Å². The van der Waals surface area contributed by atoms with Crippen molar-refractivity contribution in [1.82, 2.24) is 9.80 Å². The molecule has 0 aliphatic carbocycles. The number of halogens is 3. The van der Waals surface area contributed by atoms with Gasteiger partial charge in [0, 0.05) is 20.0 Å². The van der Waals surface area contributed by atoms with Crippen LogP contribution in [-0.2, 0) is 28.7 Å². The Labute approximate surface area is 155 Å². The number of hydrogen-bond acceptors (Lipinski definition) is 2. The van der Waals surface area contributed by atoms with Crippen LogP contribution in [0.25, 0.3) is 0 Å². The van der Waals surface area contributed by atoms with Crippen molar-refractivity contribution in [3.8, 4) is 0 Å². The zero-order chi connectivity index (χ0) is 19.6. The summed E-state index contributed by atoms with van der Waals surface area (Å²) in [4.78, 5) is 27.8. The summed E-state index contributed by atoms with van der Waals surface area (Å²) in [5, 5.41) is 0. The normalized spacial score (nSPS) is 18.1. The van der Waals surface area contributed by atoms with Crippen molar-refractivity contribution in [3.05, 3.63) is 71.3 Å². The summed E-state index contributed by atoms with van der Waals surface area (Å²) in [6, 6.07) is 13.4. The maximum atomic E-state index is 13.3. The Morgan fingerprint density at radius 2 is 1.63 bits per heavy atom. The van der Waals surface area contributed by atoms with E-state index < -0.39 is 17.8 Å². The van der Waals surface area contributed by atoms with Crippen molar-refractivity contribution in [2.24, 2.45) is 0 Å². The summed E-state index contributed by atoms with van der Waals surface area (Å²) in [6.45, 7) is -0.399. The Bertz CT molecular complexity index is 837. The van der Waals surface area contributed by atoms with E-state index in [2.05, 4.69) is 0 Å². The second kappa shape index (κ2) is 7.42. The molecule has 7 heteroatoms. The van der Waals surface area contributed by atoms with E-state index in [9.17, 15) is 22.8 Å². The first-order valence-corrected chi connectivity index (χ1v) is 8.51. The molecule has 0 saturated carbocycles. The Hall–Kier alpha value is -2.83. The molecular weight excluding hydrogens is 357 g/mol. The Kier molecular flexibility index (Phi) is 5.21. The van der Waals surface area contributed by atoms with Crippen molar-refractivity contribution in [3.63, 3.8) is 0 Å². The smallest absolute Gasteiger partial charge is 0.335 e. The molecule has 0 aromatic heterocycles. The predicted octanol–water partition coefficient (Wildman–Crippen LogP) is 3.12. The lowest BCUT2D eigenvalue weighted by Gasteiger charge is -2.39. The summed E-state index contributed by atoms with van der Waals surface area (Å²) in [6.07, 6.45) is -4.27. The number of benzene rings is 2. The average molecular weight is 376 g/mol. The van der Waals surface area contributed by atoms with Crippen LogP contribution in [0.1, 0.15) is 16.7 Å². The number of amides is 2. The van der Waals surface area contributed by atoms with E-state index in [-0.39, 0.29) is 36.9 Å². The SMILES string of the molecule is CN1CC(=O)N(Cc2ccccc2C(F)(F)F)[C@@H](Cc2ccccc2)C1=O. The molecule has 1 aliphatic rings. The van der Waals surface area contributed by atoms with E-state index in [1.54, 1.807) is 0 Å².